The van der Waals surface area contributed by atoms with Crippen molar-refractivity contribution in [2.45, 2.75) is 0 Å². The molecule has 1 heterocycles. The number of rotatable bonds is 4. The van der Waals surface area contributed by atoms with Gasteiger partial charge in [0.2, 0.25) is 0 Å². The van der Waals surface area contributed by atoms with Gasteiger partial charge in [-0.05, 0) is 0 Å². The molecule has 0 aliphatic rings. The number of hydrogen-bond acceptors (Lipinski definition) is 2. The van der Waals surface area contributed by atoms with Crippen molar-refractivity contribution in [2.75, 3.05) is 6.26 Å². The van der Waals surface area contributed by atoms with Gasteiger partial charge in [0.1, 0.15) is 0 Å². The summed E-state index contributed by atoms with van der Waals surface area (Å²) in [5, 5.41) is 0. The molecular weight excluding hydrogens is 332 g/mol. The van der Waals surface area contributed by atoms with Crippen LogP contribution in [0.1, 0.15) is 5.76 Å². The van der Waals surface area contributed by atoms with Crippen molar-refractivity contribution in [3.63, 3.8) is 0 Å². The summed E-state index contributed by atoms with van der Waals surface area (Å²) in [6.45, 7) is 0. The number of benzene rings is 1. The first-order valence-electron chi connectivity index (χ1n) is 4.90. The summed E-state index contributed by atoms with van der Waals surface area (Å²) in [6, 6.07) is 14.6. The van der Waals surface area contributed by atoms with Gasteiger partial charge in [-0.1, -0.05) is 0 Å². The molecule has 1 aromatic carbocycles. The first kappa shape index (κ1) is 11.9. The van der Waals surface area contributed by atoms with Crippen LogP contribution in [0.4, 0.5) is 0 Å². The summed E-state index contributed by atoms with van der Waals surface area (Å²) in [6.07, 6.45) is 6.00. The summed E-state index contributed by atoms with van der Waals surface area (Å²) < 4.78 is 8.23. The van der Waals surface area contributed by atoms with Gasteiger partial charge in [-0.15, -0.1) is 0 Å². The molecule has 0 bridgehead atoms. The van der Waals surface area contributed by atoms with Crippen LogP contribution in [-0.2, 0) is 0 Å². The Labute approximate surface area is 110 Å². The van der Waals surface area contributed by atoms with E-state index in [1.807, 2.05) is 23.9 Å². The van der Waals surface area contributed by atoms with Crippen molar-refractivity contribution in [1.82, 2.24) is 0 Å². The van der Waals surface area contributed by atoms with E-state index in [0.29, 0.717) is 0 Å². The van der Waals surface area contributed by atoms with E-state index >= 15 is 0 Å². The maximum absolute atomic E-state index is 5.33. The van der Waals surface area contributed by atoms with Crippen LogP contribution in [0.25, 0.3) is 6.08 Å². The Morgan fingerprint density at radius 3 is 2.62 bits per heavy atom. The van der Waals surface area contributed by atoms with Crippen molar-refractivity contribution in [3.8, 4) is 0 Å². The fourth-order valence-electron chi connectivity index (χ4n) is 1.22. The van der Waals surface area contributed by atoms with Gasteiger partial charge in [0.15, 0.2) is 0 Å². The standard InChI is InChI=1S/C13H12OSTe/c1-15-13(10-11-6-5-9-14-11)16-12-7-3-2-4-8-12/h2-10H,1H3/b13-10-. The van der Waals surface area contributed by atoms with Gasteiger partial charge >= 0.3 is 110 Å². The molecule has 0 aliphatic carbocycles. The van der Waals surface area contributed by atoms with Crippen molar-refractivity contribution in [3.05, 3.63) is 57.4 Å². The summed E-state index contributed by atoms with van der Waals surface area (Å²) in [7, 11) is 0. The molecule has 0 amide bonds. The molecule has 0 fully saturated rings. The van der Waals surface area contributed by atoms with Crippen molar-refractivity contribution < 1.29 is 4.42 Å². The van der Waals surface area contributed by atoms with Gasteiger partial charge < -0.3 is 0 Å². The van der Waals surface area contributed by atoms with Gasteiger partial charge in [-0.2, -0.15) is 0 Å². The molecule has 0 spiro atoms. The molecule has 16 heavy (non-hydrogen) atoms. The van der Waals surface area contributed by atoms with Crippen molar-refractivity contribution in [1.29, 1.82) is 0 Å². The maximum atomic E-state index is 5.33. The molecule has 0 saturated heterocycles. The Kier molecular flexibility index (Phi) is 4.59. The third-order valence-corrected chi connectivity index (χ3v) is 6.83. The Morgan fingerprint density at radius 1 is 1.19 bits per heavy atom. The van der Waals surface area contributed by atoms with E-state index in [1.54, 1.807) is 6.26 Å². The fraction of sp³-hybridized carbons (Fsp3) is 0.0769. The average molecular weight is 344 g/mol. The van der Waals surface area contributed by atoms with Crippen LogP contribution < -0.4 is 3.61 Å². The van der Waals surface area contributed by atoms with E-state index < -0.39 is 0 Å². The van der Waals surface area contributed by atoms with E-state index in [2.05, 4.69) is 42.7 Å². The van der Waals surface area contributed by atoms with E-state index in [0.717, 1.165) is 5.76 Å². The van der Waals surface area contributed by atoms with E-state index in [-0.39, 0.29) is 20.9 Å². The second-order valence-electron chi connectivity index (χ2n) is 3.10. The predicted molar refractivity (Wildman–Crippen MR) is 72.0 cm³/mol. The van der Waals surface area contributed by atoms with Crippen LogP contribution in [0, 0.1) is 0 Å². The zero-order valence-electron chi connectivity index (χ0n) is 8.92. The number of hydrogen-bond donors (Lipinski definition) is 0. The first-order valence-corrected chi connectivity index (χ1v) is 8.46. The van der Waals surface area contributed by atoms with Gasteiger partial charge in [0.05, 0.1) is 0 Å². The SMILES string of the molecule is CS/C(=C/c1ccco1)[Te]c1ccccc1. The molecule has 82 valence electrons. The third kappa shape index (κ3) is 3.45. The molecule has 1 aromatic heterocycles. The molecule has 0 saturated carbocycles. The normalized spacial score (nSPS) is 11.7. The van der Waals surface area contributed by atoms with Crippen molar-refractivity contribution >= 4 is 42.4 Å². The zero-order valence-corrected chi connectivity index (χ0v) is 12.1. The molecule has 2 aromatic rings. The summed E-state index contributed by atoms with van der Waals surface area (Å²) in [5.74, 6) is 0.949. The van der Waals surface area contributed by atoms with Crippen LogP contribution in [0.2, 0.25) is 0 Å². The van der Waals surface area contributed by atoms with E-state index in [9.17, 15) is 0 Å². The second-order valence-corrected chi connectivity index (χ2v) is 7.94. The molecule has 0 aliphatic heterocycles. The second kappa shape index (κ2) is 6.20. The topological polar surface area (TPSA) is 13.1 Å². The molecule has 1 nitrogen and oxygen atoms in total. The van der Waals surface area contributed by atoms with E-state index in [1.165, 1.54) is 6.56 Å². The van der Waals surface area contributed by atoms with Gasteiger partial charge in [-0.3, -0.25) is 0 Å². The van der Waals surface area contributed by atoms with Crippen LogP contribution in [0.5, 0.6) is 0 Å². The molecular formula is C13H12OSTe. The minimum absolute atomic E-state index is 0.271. The monoisotopic (exact) mass is 346 g/mol. The zero-order chi connectivity index (χ0) is 11.2. The van der Waals surface area contributed by atoms with Crippen LogP contribution in [-0.4, -0.2) is 27.2 Å². The van der Waals surface area contributed by atoms with Gasteiger partial charge in [-0.25, -0.2) is 0 Å². The number of thioether (sulfide) groups is 1. The van der Waals surface area contributed by atoms with E-state index in [4.69, 9.17) is 4.42 Å². The number of furan rings is 1. The van der Waals surface area contributed by atoms with Crippen LogP contribution in [0.15, 0.2) is 56.1 Å². The Morgan fingerprint density at radius 2 is 2.00 bits per heavy atom. The molecule has 0 atom stereocenters. The third-order valence-electron chi connectivity index (χ3n) is 1.97. The summed E-state index contributed by atoms with van der Waals surface area (Å²) in [4.78, 5) is 0. The molecule has 0 N–H and O–H groups in total. The molecule has 0 radical (unpaired) electrons. The molecule has 0 unspecified atom stereocenters. The van der Waals surface area contributed by atoms with Crippen molar-refractivity contribution in [2.24, 2.45) is 0 Å². The minimum atomic E-state index is -0.271. The Hall–Kier alpha value is -0.620. The van der Waals surface area contributed by atoms with Gasteiger partial charge in [0, 0.05) is 0 Å². The van der Waals surface area contributed by atoms with Crippen LogP contribution >= 0.6 is 11.8 Å². The predicted octanol–water partition coefficient (Wildman–Crippen LogP) is 2.97. The quantitative estimate of drug-likeness (QED) is 0.792. The first-order chi connectivity index (χ1) is 7.88. The Bertz CT molecular complexity index is 448. The average Bonchev–Trinajstić information content (AvgIpc) is 2.82. The van der Waals surface area contributed by atoms with Gasteiger partial charge in [0.25, 0.3) is 0 Å². The van der Waals surface area contributed by atoms with Crippen LogP contribution in [0.3, 0.4) is 0 Å². The summed E-state index contributed by atoms with van der Waals surface area (Å²) in [5.41, 5.74) is 0. The molecule has 3 heteroatoms. The Balaban J connectivity index is 2.12. The fourth-order valence-corrected chi connectivity index (χ4v) is 4.90. The summed E-state index contributed by atoms with van der Waals surface area (Å²) >= 11 is 1.55. The molecule has 2 rings (SSSR count).